The number of rotatable bonds is 4. The van der Waals surface area contributed by atoms with Crippen molar-refractivity contribution in [2.24, 2.45) is 0 Å². The summed E-state index contributed by atoms with van der Waals surface area (Å²) < 4.78 is 18.9. The lowest BCUT2D eigenvalue weighted by molar-refractivity contribution is 0.408. The Labute approximate surface area is 106 Å². The van der Waals surface area contributed by atoms with Gasteiger partial charge in [0.1, 0.15) is 11.6 Å². The smallest absolute Gasteiger partial charge is 0.146 e. The molecule has 94 valence electrons. The Bertz CT molecular complexity index is 527. The van der Waals surface area contributed by atoms with Gasteiger partial charge in [0, 0.05) is 5.56 Å². The number of halogens is 1. The van der Waals surface area contributed by atoms with Crippen molar-refractivity contribution in [2.75, 3.05) is 12.4 Å². The van der Waals surface area contributed by atoms with E-state index in [1.807, 2.05) is 31.2 Å². The SMILES string of the molecule is COc1ccccc1C(C)Nc1ccccc1F. The van der Waals surface area contributed by atoms with Crippen LogP contribution in [0.3, 0.4) is 0 Å². The molecule has 1 atom stereocenters. The summed E-state index contributed by atoms with van der Waals surface area (Å²) in [5, 5.41) is 3.15. The van der Waals surface area contributed by atoms with Crippen molar-refractivity contribution in [3.05, 3.63) is 59.9 Å². The van der Waals surface area contributed by atoms with Crippen LogP contribution < -0.4 is 10.1 Å². The first-order valence-electron chi connectivity index (χ1n) is 5.86. The summed E-state index contributed by atoms with van der Waals surface area (Å²) in [4.78, 5) is 0. The van der Waals surface area contributed by atoms with E-state index in [-0.39, 0.29) is 11.9 Å². The normalized spacial score (nSPS) is 11.9. The van der Waals surface area contributed by atoms with Crippen molar-refractivity contribution in [3.63, 3.8) is 0 Å². The van der Waals surface area contributed by atoms with Gasteiger partial charge in [0.2, 0.25) is 0 Å². The van der Waals surface area contributed by atoms with Crippen molar-refractivity contribution < 1.29 is 9.13 Å². The second-order valence-corrected chi connectivity index (χ2v) is 4.09. The number of nitrogens with one attached hydrogen (secondary N) is 1. The summed E-state index contributed by atoms with van der Waals surface area (Å²) in [5.74, 6) is 0.549. The molecule has 0 saturated carbocycles. The van der Waals surface area contributed by atoms with Gasteiger partial charge in [-0.25, -0.2) is 4.39 Å². The molecule has 0 saturated heterocycles. The van der Waals surface area contributed by atoms with Crippen LogP contribution in [0, 0.1) is 5.82 Å². The molecule has 1 unspecified atom stereocenters. The third kappa shape index (κ3) is 2.62. The zero-order valence-corrected chi connectivity index (χ0v) is 10.5. The predicted molar refractivity (Wildman–Crippen MR) is 71.4 cm³/mol. The molecule has 2 aromatic rings. The molecule has 0 aliphatic carbocycles. The minimum absolute atomic E-state index is 0.0296. The monoisotopic (exact) mass is 245 g/mol. The van der Waals surface area contributed by atoms with Gasteiger partial charge in [0.05, 0.1) is 18.8 Å². The number of hydrogen-bond acceptors (Lipinski definition) is 2. The zero-order chi connectivity index (χ0) is 13.0. The zero-order valence-electron chi connectivity index (χ0n) is 10.5. The predicted octanol–water partition coefficient (Wildman–Crippen LogP) is 4.01. The van der Waals surface area contributed by atoms with Gasteiger partial charge in [-0.05, 0) is 25.1 Å². The number of para-hydroxylation sites is 2. The summed E-state index contributed by atoms with van der Waals surface area (Å²) in [6.07, 6.45) is 0. The second kappa shape index (κ2) is 5.54. The summed E-state index contributed by atoms with van der Waals surface area (Å²) in [6.45, 7) is 1.98. The van der Waals surface area contributed by atoms with Crippen molar-refractivity contribution in [3.8, 4) is 5.75 Å². The number of benzene rings is 2. The van der Waals surface area contributed by atoms with Gasteiger partial charge in [0.15, 0.2) is 0 Å². The Morgan fingerprint density at radius 1 is 1.06 bits per heavy atom. The Hall–Kier alpha value is -2.03. The molecule has 0 spiro atoms. The van der Waals surface area contributed by atoms with E-state index in [0.717, 1.165) is 11.3 Å². The largest absolute Gasteiger partial charge is 0.496 e. The third-order valence-electron chi connectivity index (χ3n) is 2.85. The van der Waals surface area contributed by atoms with Gasteiger partial charge in [-0.15, -0.1) is 0 Å². The van der Waals surface area contributed by atoms with Crippen molar-refractivity contribution >= 4 is 5.69 Å². The maximum Gasteiger partial charge on any atom is 0.146 e. The lowest BCUT2D eigenvalue weighted by Gasteiger charge is -2.18. The molecule has 0 aliphatic rings. The van der Waals surface area contributed by atoms with E-state index in [4.69, 9.17) is 4.74 Å². The first-order chi connectivity index (χ1) is 8.72. The fraction of sp³-hybridized carbons (Fsp3) is 0.200. The maximum absolute atomic E-state index is 13.6. The van der Waals surface area contributed by atoms with Crippen LogP contribution in [0.1, 0.15) is 18.5 Å². The van der Waals surface area contributed by atoms with Crippen LogP contribution >= 0.6 is 0 Å². The highest BCUT2D eigenvalue weighted by Gasteiger charge is 2.11. The Kier molecular flexibility index (Phi) is 3.82. The van der Waals surface area contributed by atoms with Crippen LogP contribution in [0.15, 0.2) is 48.5 Å². The van der Waals surface area contributed by atoms with Crippen molar-refractivity contribution in [2.45, 2.75) is 13.0 Å². The number of hydrogen-bond donors (Lipinski definition) is 1. The molecule has 2 nitrogen and oxygen atoms in total. The average Bonchev–Trinajstić information content (AvgIpc) is 2.41. The molecule has 2 aromatic carbocycles. The molecule has 0 aliphatic heterocycles. The summed E-state index contributed by atoms with van der Waals surface area (Å²) >= 11 is 0. The summed E-state index contributed by atoms with van der Waals surface area (Å²) in [5.41, 5.74) is 1.50. The molecule has 0 bridgehead atoms. The van der Waals surface area contributed by atoms with E-state index in [9.17, 15) is 4.39 Å². The molecule has 0 radical (unpaired) electrons. The van der Waals surface area contributed by atoms with Gasteiger partial charge in [-0.3, -0.25) is 0 Å². The Morgan fingerprint density at radius 2 is 1.72 bits per heavy atom. The lowest BCUT2D eigenvalue weighted by Crippen LogP contribution is -2.09. The van der Waals surface area contributed by atoms with E-state index >= 15 is 0 Å². The van der Waals surface area contributed by atoms with Crippen LogP contribution in [0.4, 0.5) is 10.1 Å². The van der Waals surface area contributed by atoms with Crippen molar-refractivity contribution in [1.29, 1.82) is 0 Å². The van der Waals surface area contributed by atoms with E-state index < -0.39 is 0 Å². The van der Waals surface area contributed by atoms with Crippen molar-refractivity contribution in [1.82, 2.24) is 0 Å². The lowest BCUT2D eigenvalue weighted by atomic mass is 10.1. The van der Waals surface area contributed by atoms with Crippen LogP contribution in [0.5, 0.6) is 5.75 Å². The van der Waals surface area contributed by atoms with Crippen LogP contribution in [0.25, 0.3) is 0 Å². The minimum atomic E-state index is -0.251. The quantitative estimate of drug-likeness (QED) is 0.878. The van der Waals surface area contributed by atoms with Crippen LogP contribution in [-0.4, -0.2) is 7.11 Å². The molecule has 2 rings (SSSR count). The molecular weight excluding hydrogens is 229 g/mol. The minimum Gasteiger partial charge on any atom is -0.496 e. The molecule has 0 fully saturated rings. The Morgan fingerprint density at radius 3 is 2.44 bits per heavy atom. The summed E-state index contributed by atoms with van der Waals surface area (Å²) in [6, 6.07) is 14.3. The topological polar surface area (TPSA) is 21.3 Å². The fourth-order valence-electron chi connectivity index (χ4n) is 1.91. The standard InChI is InChI=1S/C15H16FNO/c1-11(12-7-3-6-10-15(12)18-2)17-14-9-5-4-8-13(14)16/h3-11,17H,1-2H3. The summed E-state index contributed by atoms with van der Waals surface area (Å²) in [7, 11) is 1.63. The molecule has 0 aromatic heterocycles. The molecular formula is C15H16FNO. The molecule has 1 N–H and O–H groups in total. The molecule has 3 heteroatoms. The van der Waals surface area contributed by atoms with Gasteiger partial charge >= 0.3 is 0 Å². The third-order valence-corrected chi connectivity index (χ3v) is 2.85. The number of anilines is 1. The number of ether oxygens (including phenoxy) is 1. The van der Waals surface area contributed by atoms with E-state index in [2.05, 4.69) is 5.32 Å². The maximum atomic E-state index is 13.6. The highest BCUT2D eigenvalue weighted by molar-refractivity contribution is 5.48. The van der Waals surface area contributed by atoms with Gasteiger partial charge < -0.3 is 10.1 Å². The molecule has 0 heterocycles. The average molecular weight is 245 g/mol. The molecule has 0 amide bonds. The van der Waals surface area contributed by atoms with Gasteiger partial charge in [-0.2, -0.15) is 0 Å². The van der Waals surface area contributed by atoms with E-state index in [1.54, 1.807) is 25.3 Å². The van der Waals surface area contributed by atoms with E-state index in [0.29, 0.717) is 5.69 Å². The first kappa shape index (κ1) is 12.4. The van der Waals surface area contributed by atoms with Crippen LogP contribution in [-0.2, 0) is 0 Å². The highest BCUT2D eigenvalue weighted by Crippen LogP contribution is 2.28. The van der Waals surface area contributed by atoms with Crippen LogP contribution in [0.2, 0.25) is 0 Å². The fourth-order valence-corrected chi connectivity index (χ4v) is 1.91. The molecule has 18 heavy (non-hydrogen) atoms. The Balaban J connectivity index is 2.22. The van der Waals surface area contributed by atoms with Gasteiger partial charge in [-0.1, -0.05) is 30.3 Å². The van der Waals surface area contributed by atoms with E-state index in [1.165, 1.54) is 6.07 Å². The first-order valence-corrected chi connectivity index (χ1v) is 5.86. The highest BCUT2D eigenvalue weighted by atomic mass is 19.1. The second-order valence-electron chi connectivity index (χ2n) is 4.09. The van der Waals surface area contributed by atoms with Gasteiger partial charge in [0.25, 0.3) is 0 Å². The number of methoxy groups -OCH3 is 1.